The Balaban J connectivity index is 1.70. The van der Waals surface area contributed by atoms with Crippen LogP contribution in [0.1, 0.15) is 25.7 Å². The standard InChI is InChI=1S/C12H20N4O2/c13-10(14-18)12(3-4-12)11(17)16-7-6-15-5-1-2-9(15)8-16/h9,18H,1-8H2,(H2,13,14). The quantitative estimate of drug-likeness (QED) is 0.309. The van der Waals surface area contributed by atoms with E-state index in [0.717, 1.165) is 26.2 Å². The Hall–Kier alpha value is -1.30. The first-order chi connectivity index (χ1) is 8.67. The molecule has 3 N–H and O–H groups in total. The third-order valence-corrected chi connectivity index (χ3v) is 4.63. The largest absolute Gasteiger partial charge is 0.409 e. The number of fused-ring (bicyclic) bond motifs is 1. The fourth-order valence-corrected chi connectivity index (χ4v) is 3.28. The van der Waals surface area contributed by atoms with Gasteiger partial charge in [-0.2, -0.15) is 0 Å². The zero-order valence-electron chi connectivity index (χ0n) is 10.5. The maximum atomic E-state index is 12.5. The van der Waals surface area contributed by atoms with Crippen LogP contribution in [0.5, 0.6) is 0 Å². The van der Waals surface area contributed by atoms with E-state index in [0.29, 0.717) is 18.9 Å². The lowest BCUT2D eigenvalue weighted by atomic mass is 10.0. The molecule has 2 heterocycles. The molecule has 0 radical (unpaired) electrons. The topological polar surface area (TPSA) is 82.2 Å². The third kappa shape index (κ3) is 1.67. The van der Waals surface area contributed by atoms with Crippen molar-refractivity contribution in [3.8, 4) is 0 Å². The monoisotopic (exact) mass is 252 g/mol. The molecule has 1 amide bonds. The minimum Gasteiger partial charge on any atom is -0.409 e. The molecule has 18 heavy (non-hydrogen) atoms. The predicted molar refractivity (Wildman–Crippen MR) is 66.3 cm³/mol. The summed E-state index contributed by atoms with van der Waals surface area (Å²) in [6.45, 7) is 3.70. The van der Waals surface area contributed by atoms with Crippen molar-refractivity contribution in [2.24, 2.45) is 16.3 Å². The molecule has 6 nitrogen and oxygen atoms in total. The molecule has 1 saturated carbocycles. The van der Waals surface area contributed by atoms with Gasteiger partial charge in [-0.1, -0.05) is 5.16 Å². The summed E-state index contributed by atoms with van der Waals surface area (Å²) in [4.78, 5) is 16.9. The minimum absolute atomic E-state index is 0.0596. The van der Waals surface area contributed by atoms with Gasteiger partial charge in [-0.3, -0.25) is 9.69 Å². The number of carbonyl (C=O) groups excluding carboxylic acids is 1. The van der Waals surface area contributed by atoms with Gasteiger partial charge in [0.25, 0.3) is 0 Å². The first-order valence-electron chi connectivity index (χ1n) is 6.69. The number of hydrogen-bond donors (Lipinski definition) is 2. The van der Waals surface area contributed by atoms with Gasteiger partial charge in [0.05, 0.1) is 0 Å². The zero-order chi connectivity index (χ0) is 12.8. The molecule has 0 spiro atoms. The number of amides is 1. The summed E-state index contributed by atoms with van der Waals surface area (Å²) < 4.78 is 0. The lowest BCUT2D eigenvalue weighted by molar-refractivity contribution is -0.137. The van der Waals surface area contributed by atoms with E-state index in [1.54, 1.807) is 0 Å². The maximum Gasteiger partial charge on any atom is 0.236 e. The fourth-order valence-electron chi connectivity index (χ4n) is 3.28. The van der Waals surface area contributed by atoms with Crippen LogP contribution in [0.25, 0.3) is 0 Å². The van der Waals surface area contributed by atoms with Crippen molar-refractivity contribution in [3.63, 3.8) is 0 Å². The minimum atomic E-state index is -0.685. The Labute approximate surface area is 106 Å². The second-order valence-electron chi connectivity index (χ2n) is 5.65. The molecule has 0 aromatic heterocycles. The number of amidine groups is 1. The van der Waals surface area contributed by atoms with Crippen LogP contribution in [0.3, 0.4) is 0 Å². The number of carbonyl (C=O) groups is 1. The summed E-state index contributed by atoms with van der Waals surface area (Å²) >= 11 is 0. The van der Waals surface area contributed by atoms with Crippen molar-refractivity contribution < 1.29 is 10.0 Å². The van der Waals surface area contributed by atoms with Crippen molar-refractivity contribution in [3.05, 3.63) is 0 Å². The molecule has 100 valence electrons. The average Bonchev–Trinajstić information content (AvgIpc) is 3.08. The molecule has 0 bridgehead atoms. The summed E-state index contributed by atoms with van der Waals surface area (Å²) in [5.41, 5.74) is 4.98. The highest BCUT2D eigenvalue weighted by Gasteiger charge is 2.56. The number of piperazine rings is 1. The fraction of sp³-hybridized carbons (Fsp3) is 0.833. The first kappa shape index (κ1) is 11.8. The van der Waals surface area contributed by atoms with Gasteiger partial charge in [-0.15, -0.1) is 0 Å². The summed E-state index contributed by atoms with van der Waals surface area (Å²) in [5.74, 6) is 0.144. The van der Waals surface area contributed by atoms with Gasteiger partial charge < -0.3 is 15.8 Å². The molecule has 1 atom stereocenters. The van der Waals surface area contributed by atoms with Crippen LogP contribution in [0, 0.1) is 5.41 Å². The van der Waals surface area contributed by atoms with Gasteiger partial charge in [-0.05, 0) is 32.2 Å². The molecule has 3 rings (SSSR count). The molecule has 3 fully saturated rings. The highest BCUT2D eigenvalue weighted by molar-refractivity contribution is 6.09. The smallest absolute Gasteiger partial charge is 0.236 e. The Morgan fingerprint density at radius 2 is 2.11 bits per heavy atom. The Kier molecular flexibility index (Phi) is 2.69. The molecule has 2 saturated heterocycles. The number of nitrogens with zero attached hydrogens (tertiary/aromatic N) is 3. The van der Waals surface area contributed by atoms with Crippen molar-refractivity contribution in [1.29, 1.82) is 0 Å². The summed E-state index contributed by atoms with van der Waals surface area (Å²) in [6, 6.07) is 0.519. The van der Waals surface area contributed by atoms with E-state index in [2.05, 4.69) is 10.1 Å². The number of nitrogens with two attached hydrogens (primary N) is 1. The van der Waals surface area contributed by atoms with Crippen LogP contribution in [0.4, 0.5) is 0 Å². The Morgan fingerprint density at radius 1 is 1.33 bits per heavy atom. The molecular formula is C12H20N4O2. The molecule has 1 unspecified atom stereocenters. The van der Waals surface area contributed by atoms with E-state index in [4.69, 9.17) is 10.9 Å². The molecule has 3 aliphatic rings. The molecular weight excluding hydrogens is 232 g/mol. The van der Waals surface area contributed by atoms with E-state index >= 15 is 0 Å². The Bertz CT molecular complexity index is 392. The van der Waals surface area contributed by atoms with E-state index in [-0.39, 0.29) is 11.7 Å². The van der Waals surface area contributed by atoms with Crippen LogP contribution in [0.2, 0.25) is 0 Å². The SMILES string of the molecule is NC(=NO)C1(C(=O)N2CCN3CCCC3C2)CC1. The highest BCUT2D eigenvalue weighted by Crippen LogP contribution is 2.47. The highest BCUT2D eigenvalue weighted by atomic mass is 16.4. The Morgan fingerprint density at radius 3 is 2.78 bits per heavy atom. The normalized spacial score (nSPS) is 31.2. The summed E-state index contributed by atoms with van der Waals surface area (Å²) in [6.07, 6.45) is 3.84. The van der Waals surface area contributed by atoms with E-state index in [1.807, 2.05) is 4.90 Å². The summed E-state index contributed by atoms with van der Waals surface area (Å²) in [7, 11) is 0. The summed E-state index contributed by atoms with van der Waals surface area (Å²) in [5, 5.41) is 11.8. The number of rotatable bonds is 2. The molecule has 2 aliphatic heterocycles. The van der Waals surface area contributed by atoms with Crippen LogP contribution >= 0.6 is 0 Å². The van der Waals surface area contributed by atoms with Crippen molar-refractivity contribution in [2.75, 3.05) is 26.2 Å². The van der Waals surface area contributed by atoms with Crippen molar-refractivity contribution in [1.82, 2.24) is 9.80 Å². The molecule has 0 aromatic carbocycles. The van der Waals surface area contributed by atoms with Gasteiger partial charge in [0.1, 0.15) is 5.41 Å². The zero-order valence-corrected chi connectivity index (χ0v) is 10.5. The third-order valence-electron chi connectivity index (χ3n) is 4.63. The van der Waals surface area contributed by atoms with Crippen LogP contribution < -0.4 is 5.73 Å². The average molecular weight is 252 g/mol. The van der Waals surface area contributed by atoms with Crippen LogP contribution in [-0.2, 0) is 4.79 Å². The van der Waals surface area contributed by atoms with Gasteiger partial charge in [0, 0.05) is 25.7 Å². The predicted octanol–water partition coefficient (Wildman–Crippen LogP) is -0.180. The second-order valence-corrected chi connectivity index (χ2v) is 5.65. The molecule has 1 aliphatic carbocycles. The lowest BCUT2D eigenvalue weighted by Gasteiger charge is -2.38. The second kappa shape index (κ2) is 4.12. The van der Waals surface area contributed by atoms with E-state index < -0.39 is 5.41 Å². The van der Waals surface area contributed by atoms with Gasteiger partial charge >= 0.3 is 0 Å². The lowest BCUT2D eigenvalue weighted by Crippen LogP contribution is -2.55. The van der Waals surface area contributed by atoms with Crippen molar-refractivity contribution >= 4 is 11.7 Å². The van der Waals surface area contributed by atoms with Crippen molar-refractivity contribution in [2.45, 2.75) is 31.7 Å². The van der Waals surface area contributed by atoms with Gasteiger partial charge in [0.2, 0.25) is 5.91 Å². The number of oxime groups is 1. The number of hydrogen-bond acceptors (Lipinski definition) is 4. The van der Waals surface area contributed by atoms with Crippen LogP contribution in [-0.4, -0.2) is 59.0 Å². The maximum absolute atomic E-state index is 12.5. The molecule has 0 aromatic rings. The van der Waals surface area contributed by atoms with E-state index in [1.165, 1.54) is 12.8 Å². The van der Waals surface area contributed by atoms with E-state index in [9.17, 15) is 4.79 Å². The molecule has 6 heteroatoms. The van der Waals surface area contributed by atoms with Gasteiger partial charge in [-0.25, -0.2) is 0 Å². The van der Waals surface area contributed by atoms with Gasteiger partial charge in [0.15, 0.2) is 5.84 Å². The first-order valence-corrected chi connectivity index (χ1v) is 6.69. The van der Waals surface area contributed by atoms with Crippen LogP contribution in [0.15, 0.2) is 5.16 Å².